The highest BCUT2D eigenvalue weighted by Crippen LogP contribution is 2.18. The summed E-state index contributed by atoms with van der Waals surface area (Å²) in [4.78, 5) is 0. The van der Waals surface area contributed by atoms with Gasteiger partial charge >= 0.3 is 0 Å². The molecule has 0 amide bonds. The quantitative estimate of drug-likeness (QED) is 0.782. The van der Waals surface area contributed by atoms with E-state index in [0.717, 1.165) is 0 Å². The summed E-state index contributed by atoms with van der Waals surface area (Å²) in [5.41, 5.74) is 5.99. The third-order valence-corrected chi connectivity index (χ3v) is 1.97. The van der Waals surface area contributed by atoms with Crippen LogP contribution in [0.15, 0.2) is 24.4 Å². The van der Waals surface area contributed by atoms with Crippen LogP contribution in [-0.2, 0) is 0 Å². The molecule has 72 valence electrons. The maximum absolute atomic E-state index is 12.8. The van der Waals surface area contributed by atoms with Crippen LogP contribution in [0.25, 0.3) is 5.69 Å². The zero-order valence-corrected chi connectivity index (χ0v) is 7.74. The van der Waals surface area contributed by atoms with Crippen molar-refractivity contribution in [2.75, 3.05) is 5.73 Å². The Morgan fingerprint density at radius 2 is 2.21 bits per heavy atom. The van der Waals surface area contributed by atoms with Crippen molar-refractivity contribution in [3.8, 4) is 5.69 Å². The van der Waals surface area contributed by atoms with Crippen molar-refractivity contribution in [2.45, 2.75) is 0 Å². The summed E-state index contributed by atoms with van der Waals surface area (Å²) in [5, 5.41) is 7.35. The van der Waals surface area contributed by atoms with Gasteiger partial charge in [-0.05, 0) is 18.2 Å². The minimum atomic E-state index is -0.469. The summed E-state index contributed by atoms with van der Waals surface area (Å²) in [6.07, 6.45) is 1.52. The summed E-state index contributed by atoms with van der Waals surface area (Å²) >= 11 is 5.60. The predicted octanol–water partition coefficient (Wildman–Crippen LogP) is 1.64. The van der Waals surface area contributed by atoms with Crippen molar-refractivity contribution in [1.82, 2.24) is 15.0 Å². The molecule has 2 N–H and O–H groups in total. The second-order valence-electron chi connectivity index (χ2n) is 2.69. The fourth-order valence-electron chi connectivity index (χ4n) is 1.03. The summed E-state index contributed by atoms with van der Waals surface area (Å²) in [5.74, 6) is -0.172. The van der Waals surface area contributed by atoms with Crippen molar-refractivity contribution < 1.29 is 4.39 Å². The number of rotatable bonds is 1. The van der Waals surface area contributed by atoms with E-state index < -0.39 is 5.82 Å². The second-order valence-corrected chi connectivity index (χ2v) is 3.09. The van der Waals surface area contributed by atoms with Gasteiger partial charge in [-0.15, -0.1) is 5.10 Å². The van der Waals surface area contributed by atoms with E-state index in [0.29, 0.717) is 11.5 Å². The minimum Gasteiger partial charge on any atom is -0.381 e. The molecule has 2 aromatic rings. The van der Waals surface area contributed by atoms with Gasteiger partial charge in [0.1, 0.15) is 5.82 Å². The lowest BCUT2D eigenvalue weighted by Gasteiger charge is -2.00. The second kappa shape index (κ2) is 3.26. The maximum Gasteiger partial charge on any atom is 0.166 e. The number of hydrogen-bond donors (Lipinski definition) is 1. The van der Waals surface area contributed by atoms with Gasteiger partial charge in [0.05, 0.1) is 16.9 Å². The van der Waals surface area contributed by atoms with Crippen LogP contribution in [0.5, 0.6) is 0 Å². The molecule has 0 bridgehead atoms. The first-order valence-corrected chi connectivity index (χ1v) is 4.18. The molecule has 14 heavy (non-hydrogen) atoms. The van der Waals surface area contributed by atoms with E-state index in [1.54, 1.807) is 0 Å². The molecule has 1 heterocycles. The number of halogens is 2. The Morgan fingerprint density at radius 1 is 1.43 bits per heavy atom. The lowest BCUT2D eigenvalue weighted by atomic mass is 10.3. The molecule has 0 unspecified atom stereocenters. The van der Waals surface area contributed by atoms with Gasteiger partial charge in [0.15, 0.2) is 5.82 Å². The summed E-state index contributed by atoms with van der Waals surface area (Å²) < 4.78 is 14.2. The van der Waals surface area contributed by atoms with Gasteiger partial charge in [0.25, 0.3) is 0 Å². The Kier molecular flexibility index (Phi) is 2.09. The van der Waals surface area contributed by atoms with Crippen LogP contribution in [0.3, 0.4) is 0 Å². The molecule has 0 atom stereocenters. The van der Waals surface area contributed by atoms with Gasteiger partial charge in [0, 0.05) is 0 Å². The van der Waals surface area contributed by atoms with Gasteiger partial charge in [0.2, 0.25) is 0 Å². The van der Waals surface area contributed by atoms with Crippen LogP contribution in [-0.4, -0.2) is 15.0 Å². The van der Waals surface area contributed by atoms with Crippen molar-refractivity contribution in [3.05, 3.63) is 35.2 Å². The summed E-state index contributed by atoms with van der Waals surface area (Å²) in [6.45, 7) is 0. The smallest absolute Gasteiger partial charge is 0.166 e. The number of benzene rings is 1. The topological polar surface area (TPSA) is 56.7 Å². The summed E-state index contributed by atoms with van der Waals surface area (Å²) in [7, 11) is 0. The molecule has 2 rings (SSSR count). The lowest BCUT2D eigenvalue weighted by Crippen LogP contribution is -1.95. The molecular formula is C8H6ClFN4. The minimum absolute atomic E-state index is 0.0385. The lowest BCUT2D eigenvalue weighted by molar-refractivity contribution is 0.627. The number of aromatic nitrogens is 3. The van der Waals surface area contributed by atoms with E-state index in [2.05, 4.69) is 10.3 Å². The van der Waals surface area contributed by atoms with E-state index in [1.165, 1.54) is 29.1 Å². The van der Waals surface area contributed by atoms with Crippen LogP contribution in [0.1, 0.15) is 0 Å². The molecule has 6 heteroatoms. The van der Waals surface area contributed by atoms with Crippen LogP contribution in [0, 0.1) is 5.82 Å². The van der Waals surface area contributed by atoms with Gasteiger partial charge in [-0.25, -0.2) is 9.07 Å². The Bertz CT molecular complexity index is 468. The van der Waals surface area contributed by atoms with E-state index in [4.69, 9.17) is 17.3 Å². The number of hydrogen-bond acceptors (Lipinski definition) is 3. The van der Waals surface area contributed by atoms with Crippen LogP contribution in [0.4, 0.5) is 10.2 Å². The average molecular weight is 213 g/mol. The molecule has 0 saturated carbocycles. The Hall–Kier alpha value is -1.62. The molecule has 0 aliphatic rings. The SMILES string of the molecule is Nc1cn(-c2ccc(F)c(Cl)c2)nn1. The molecule has 0 spiro atoms. The first-order valence-electron chi connectivity index (χ1n) is 3.80. The van der Waals surface area contributed by atoms with E-state index >= 15 is 0 Å². The first kappa shape index (κ1) is 8.96. The third kappa shape index (κ3) is 1.54. The van der Waals surface area contributed by atoms with Crippen molar-refractivity contribution in [2.24, 2.45) is 0 Å². The average Bonchev–Trinajstić information content (AvgIpc) is 2.57. The molecule has 0 fully saturated rings. The molecular weight excluding hydrogens is 207 g/mol. The van der Waals surface area contributed by atoms with Crippen molar-refractivity contribution in [1.29, 1.82) is 0 Å². The molecule has 0 saturated heterocycles. The van der Waals surface area contributed by atoms with Gasteiger partial charge in [-0.3, -0.25) is 0 Å². The zero-order valence-electron chi connectivity index (χ0n) is 6.98. The fourth-order valence-corrected chi connectivity index (χ4v) is 1.21. The van der Waals surface area contributed by atoms with Crippen LogP contribution in [0.2, 0.25) is 5.02 Å². The molecule has 1 aromatic heterocycles. The third-order valence-electron chi connectivity index (χ3n) is 1.68. The van der Waals surface area contributed by atoms with Gasteiger partial charge in [-0.2, -0.15) is 0 Å². The molecule has 4 nitrogen and oxygen atoms in total. The summed E-state index contributed by atoms with van der Waals surface area (Å²) in [6, 6.07) is 4.25. The number of anilines is 1. The number of nitrogens with two attached hydrogens (primary N) is 1. The molecule has 1 aromatic carbocycles. The number of nitrogen functional groups attached to an aromatic ring is 1. The highest BCUT2D eigenvalue weighted by molar-refractivity contribution is 6.30. The van der Waals surface area contributed by atoms with Crippen LogP contribution < -0.4 is 5.73 Å². The van der Waals surface area contributed by atoms with E-state index in [-0.39, 0.29) is 5.02 Å². The molecule has 0 radical (unpaired) electrons. The predicted molar refractivity (Wildman–Crippen MR) is 50.7 cm³/mol. The highest BCUT2D eigenvalue weighted by Gasteiger charge is 2.03. The Labute approximate surface area is 84.1 Å². The Balaban J connectivity index is 2.47. The monoisotopic (exact) mass is 212 g/mol. The standard InChI is InChI=1S/C8H6ClFN4/c9-6-3-5(1-2-7(6)10)14-4-8(11)12-13-14/h1-4H,11H2. The maximum atomic E-state index is 12.8. The van der Waals surface area contributed by atoms with Crippen molar-refractivity contribution >= 4 is 17.4 Å². The highest BCUT2D eigenvalue weighted by atomic mass is 35.5. The van der Waals surface area contributed by atoms with Crippen LogP contribution >= 0.6 is 11.6 Å². The van der Waals surface area contributed by atoms with Gasteiger partial charge in [-0.1, -0.05) is 16.8 Å². The normalized spacial score (nSPS) is 10.4. The van der Waals surface area contributed by atoms with Crippen molar-refractivity contribution in [3.63, 3.8) is 0 Å². The Morgan fingerprint density at radius 3 is 2.79 bits per heavy atom. The van der Waals surface area contributed by atoms with E-state index in [1.807, 2.05) is 0 Å². The largest absolute Gasteiger partial charge is 0.381 e. The molecule has 0 aliphatic heterocycles. The molecule has 0 aliphatic carbocycles. The fraction of sp³-hybridized carbons (Fsp3) is 0. The van der Waals surface area contributed by atoms with E-state index in [9.17, 15) is 4.39 Å². The first-order chi connectivity index (χ1) is 6.66. The zero-order chi connectivity index (χ0) is 10.1. The van der Waals surface area contributed by atoms with Gasteiger partial charge < -0.3 is 5.73 Å². The number of nitrogens with zero attached hydrogens (tertiary/aromatic N) is 3.